The normalized spacial score (nSPS) is 22.7. The summed E-state index contributed by atoms with van der Waals surface area (Å²) in [6.45, 7) is 0. The molecule has 1 saturated carbocycles. The maximum atomic E-state index is 11.8. The average Bonchev–Trinajstić information content (AvgIpc) is 2.75. The number of hydrogen-bond acceptors (Lipinski definition) is 4. The first-order valence-corrected chi connectivity index (χ1v) is 5.81. The Hall–Kier alpha value is -1.95. The van der Waals surface area contributed by atoms with E-state index in [0.29, 0.717) is 12.0 Å². The summed E-state index contributed by atoms with van der Waals surface area (Å²) in [5.41, 5.74) is 0.312. The van der Waals surface area contributed by atoms with E-state index in [1.54, 1.807) is 0 Å². The second kappa shape index (κ2) is 5.14. The van der Waals surface area contributed by atoms with Gasteiger partial charge in [-0.1, -0.05) is 0 Å². The van der Waals surface area contributed by atoms with E-state index in [4.69, 9.17) is 0 Å². The summed E-state index contributed by atoms with van der Waals surface area (Å²) in [4.78, 5) is 21.8. The minimum atomic E-state index is -0.511. The van der Waals surface area contributed by atoms with E-state index >= 15 is 0 Å². The van der Waals surface area contributed by atoms with Crippen molar-refractivity contribution in [2.24, 2.45) is 0 Å². The van der Waals surface area contributed by atoms with Crippen molar-refractivity contribution in [2.45, 2.75) is 31.4 Å². The molecule has 6 nitrogen and oxygen atoms in total. The topological polar surface area (TPSA) is 92.5 Å². The molecule has 96 valence electrons. The van der Waals surface area contributed by atoms with E-state index in [1.807, 2.05) is 0 Å². The van der Waals surface area contributed by atoms with Gasteiger partial charge in [0.2, 0.25) is 0 Å². The van der Waals surface area contributed by atoms with E-state index in [9.17, 15) is 20.0 Å². The summed E-state index contributed by atoms with van der Waals surface area (Å²) in [5.74, 6) is -0.309. The lowest BCUT2D eigenvalue weighted by atomic mass is 10.1. The highest BCUT2D eigenvalue weighted by atomic mass is 16.6. The molecule has 1 amide bonds. The summed E-state index contributed by atoms with van der Waals surface area (Å²) in [5, 5.41) is 22.8. The van der Waals surface area contributed by atoms with Crippen molar-refractivity contribution < 1.29 is 14.8 Å². The molecular formula is C12H14N2O4. The van der Waals surface area contributed by atoms with Gasteiger partial charge in [-0.3, -0.25) is 14.9 Å². The van der Waals surface area contributed by atoms with Gasteiger partial charge < -0.3 is 10.4 Å². The number of nitrogens with one attached hydrogen (secondary N) is 1. The molecule has 18 heavy (non-hydrogen) atoms. The smallest absolute Gasteiger partial charge is 0.269 e. The van der Waals surface area contributed by atoms with Crippen LogP contribution >= 0.6 is 0 Å². The molecule has 0 spiro atoms. The van der Waals surface area contributed by atoms with Crippen LogP contribution in [-0.4, -0.2) is 28.1 Å². The number of carbonyl (C=O) groups is 1. The SMILES string of the molecule is O=C(N[C@H]1CCC[C@H]1O)c1ccc([N+](=O)[O-])cc1. The van der Waals surface area contributed by atoms with E-state index in [-0.39, 0.29) is 17.6 Å². The molecule has 0 unspecified atom stereocenters. The number of carbonyl (C=O) groups excluding carboxylic acids is 1. The third-order valence-electron chi connectivity index (χ3n) is 3.14. The van der Waals surface area contributed by atoms with Gasteiger partial charge in [-0.15, -0.1) is 0 Å². The van der Waals surface area contributed by atoms with Gasteiger partial charge in [-0.2, -0.15) is 0 Å². The van der Waals surface area contributed by atoms with Crippen molar-refractivity contribution in [3.63, 3.8) is 0 Å². The monoisotopic (exact) mass is 250 g/mol. The third-order valence-corrected chi connectivity index (χ3v) is 3.14. The standard InChI is InChI=1S/C12H14N2O4/c15-11-3-1-2-10(11)13-12(16)8-4-6-9(7-5-8)14(17)18/h4-7,10-11,15H,1-3H2,(H,13,16)/t10-,11+/m0/s1. The summed E-state index contributed by atoms with van der Waals surface area (Å²) >= 11 is 0. The second-order valence-corrected chi connectivity index (χ2v) is 4.38. The molecule has 0 aromatic heterocycles. The first-order chi connectivity index (χ1) is 8.58. The van der Waals surface area contributed by atoms with Crippen molar-refractivity contribution >= 4 is 11.6 Å². The molecule has 2 N–H and O–H groups in total. The molecule has 0 radical (unpaired) electrons. The fourth-order valence-electron chi connectivity index (χ4n) is 2.10. The molecule has 6 heteroatoms. The van der Waals surface area contributed by atoms with Crippen LogP contribution in [0.15, 0.2) is 24.3 Å². The fourth-order valence-corrected chi connectivity index (χ4v) is 2.10. The van der Waals surface area contributed by atoms with E-state index < -0.39 is 11.0 Å². The minimum absolute atomic E-state index is 0.0487. The van der Waals surface area contributed by atoms with Crippen LogP contribution in [0.2, 0.25) is 0 Å². The maximum absolute atomic E-state index is 11.8. The number of amides is 1. The number of nitro groups is 1. The number of aliphatic hydroxyl groups excluding tert-OH is 1. The number of rotatable bonds is 3. The molecule has 1 aromatic rings. The Morgan fingerprint density at radius 2 is 2.00 bits per heavy atom. The molecule has 2 atom stereocenters. The predicted octanol–water partition coefficient (Wildman–Crippen LogP) is 1.24. The van der Waals surface area contributed by atoms with Gasteiger partial charge in [0.15, 0.2) is 0 Å². The zero-order valence-electron chi connectivity index (χ0n) is 9.70. The number of nitrogens with zero attached hydrogens (tertiary/aromatic N) is 1. The van der Waals surface area contributed by atoms with Gasteiger partial charge in [0.25, 0.3) is 11.6 Å². The quantitative estimate of drug-likeness (QED) is 0.623. The Bertz CT molecular complexity index is 458. The van der Waals surface area contributed by atoms with Crippen LogP contribution in [0.5, 0.6) is 0 Å². The van der Waals surface area contributed by atoms with Gasteiger partial charge in [-0.05, 0) is 31.4 Å². The minimum Gasteiger partial charge on any atom is -0.391 e. The first kappa shape index (κ1) is 12.5. The van der Waals surface area contributed by atoms with Crippen molar-refractivity contribution in [3.05, 3.63) is 39.9 Å². The highest BCUT2D eigenvalue weighted by molar-refractivity contribution is 5.94. The molecule has 1 aliphatic carbocycles. The van der Waals surface area contributed by atoms with Crippen molar-refractivity contribution in [3.8, 4) is 0 Å². The van der Waals surface area contributed by atoms with Crippen molar-refractivity contribution in [1.82, 2.24) is 5.32 Å². The van der Waals surface area contributed by atoms with Crippen LogP contribution in [-0.2, 0) is 0 Å². The van der Waals surface area contributed by atoms with Gasteiger partial charge in [0.1, 0.15) is 0 Å². The Morgan fingerprint density at radius 1 is 1.33 bits per heavy atom. The zero-order chi connectivity index (χ0) is 13.1. The lowest BCUT2D eigenvalue weighted by Crippen LogP contribution is -2.39. The molecule has 0 saturated heterocycles. The first-order valence-electron chi connectivity index (χ1n) is 5.81. The zero-order valence-corrected chi connectivity index (χ0v) is 9.70. The maximum Gasteiger partial charge on any atom is 0.269 e. The van der Waals surface area contributed by atoms with Gasteiger partial charge in [0, 0.05) is 17.7 Å². The van der Waals surface area contributed by atoms with Crippen molar-refractivity contribution in [1.29, 1.82) is 0 Å². The lowest BCUT2D eigenvalue weighted by Gasteiger charge is -2.16. The van der Waals surface area contributed by atoms with Gasteiger partial charge >= 0.3 is 0 Å². The summed E-state index contributed by atoms with van der Waals surface area (Å²) in [6, 6.07) is 5.19. The van der Waals surface area contributed by atoms with E-state index in [0.717, 1.165) is 12.8 Å². The molecular weight excluding hydrogens is 236 g/mol. The van der Waals surface area contributed by atoms with Crippen LogP contribution in [0, 0.1) is 10.1 Å². The number of benzene rings is 1. The van der Waals surface area contributed by atoms with Crippen LogP contribution in [0.4, 0.5) is 5.69 Å². The fraction of sp³-hybridized carbons (Fsp3) is 0.417. The summed E-state index contributed by atoms with van der Waals surface area (Å²) < 4.78 is 0. The molecule has 0 heterocycles. The molecule has 0 bridgehead atoms. The molecule has 1 aromatic carbocycles. The largest absolute Gasteiger partial charge is 0.391 e. The van der Waals surface area contributed by atoms with Crippen molar-refractivity contribution in [2.75, 3.05) is 0 Å². The average molecular weight is 250 g/mol. The van der Waals surface area contributed by atoms with Gasteiger partial charge in [-0.25, -0.2) is 0 Å². The Morgan fingerprint density at radius 3 is 2.50 bits per heavy atom. The van der Waals surface area contributed by atoms with Crippen LogP contribution in [0.3, 0.4) is 0 Å². The second-order valence-electron chi connectivity index (χ2n) is 4.38. The number of non-ortho nitro benzene ring substituents is 1. The predicted molar refractivity (Wildman–Crippen MR) is 64.2 cm³/mol. The van der Waals surface area contributed by atoms with E-state index in [2.05, 4.69) is 5.32 Å². The molecule has 0 aliphatic heterocycles. The molecule has 2 rings (SSSR count). The Labute approximate surface area is 104 Å². The lowest BCUT2D eigenvalue weighted by molar-refractivity contribution is -0.384. The number of nitro benzene ring substituents is 1. The molecule has 1 fully saturated rings. The number of aliphatic hydroxyl groups is 1. The van der Waals surface area contributed by atoms with Crippen LogP contribution in [0.1, 0.15) is 29.6 Å². The third kappa shape index (κ3) is 2.65. The molecule has 1 aliphatic rings. The van der Waals surface area contributed by atoms with E-state index in [1.165, 1.54) is 24.3 Å². The highest BCUT2D eigenvalue weighted by Crippen LogP contribution is 2.19. The summed E-state index contributed by atoms with van der Waals surface area (Å²) in [7, 11) is 0. The Kier molecular flexibility index (Phi) is 3.57. The Balaban J connectivity index is 2.02. The highest BCUT2D eigenvalue weighted by Gasteiger charge is 2.26. The van der Waals surface area contributed by atoms with Crippen LogP contribution < -0.4 is 5.32 Å². The number of hydrogen-bond donors (Lipinski definition) is 2. The van der Waals surface area contributed by atoms with Crippen LogP contribution in [0.25, 0.3) is 0 Å². The van der Waals surface area contributed by atoms with Gasteiger partial charge in [0.05, 0.1) is 17.1 Å². The summed E-state index contributed by atoms with van der Waals surface area (Å²) in [6.07, 6.45) is 1.87.